The highest BCUT2D eigenvalue weighted by molar-refractivity contribution is 5.11. The third-order valence-electron chi connectivity index (χ3n) is 3.89. The van der Waals surface area contributed by atoms with Gasteiger partial charge in [0.25, 0.3) is 0 Å². The molecule has 0 aromatic carbocycles. The van der Waals surface area contributed by atoms with Crippen LogP contribution in [0.4, 0.5) is 0 Å². The molecule has 0 N–H and O–H groups in total. The summed E-state index contributed by atoms with van der Waals surface area (Å²) >= 11 is 0. The van der Waals surface area contributed by atoms with Gasteiger partial charge in [-0.2, -0.15) is 5.26 Å². The predicted molar refractivity (Wildman–Crippen MR) is 56.8 cm³/mol. The summed E-state index contributed by atoms with van der Waals surface area (Å²) in [7, 11) is 0. The van der Waals surface area contributed by atoms with Gasteiger partial charge in [0.15, 0.2) is 0 Å². The summed E-state index contributed by atoms with van der Waals surface area (Å²) in [6.45, 7) is 4.60. The summed E-state index contributed by atoms with van der Waals surface area (Å²) < 4.78 is 0. The van der Waals surface area contributed by atoms with Crippen molar-refractivity contribution in [1.29, 1.82) is 5.26 Å². The zero-order chi connectivity index (χ0) is 10.0. The molecule has 0 aromatic rings. The summed E-state index contributed by atoms with van der Waals surface area (Å²) in [4.78, 5) is 2.45. The minimum atomic E-state index is -0.0891. The van der Waals surface area contributed by atoms with Crippen molar-refractivity contribution in [3.8, 4) is 6.07 Å². The van der Waals surface area contributed by atoms with Gasteiger partial charge in [0.05, 0.1) is 6.07 Å². The fourth-order valence-corrected chi connectivity index (χ4v) is 3.13. The second kappa shape index (κ2) is 3.90. The van der Waals surface area contributed by atoms with Gasteiger partial charge in [-0.15, -0.1) is 0 Å². The average molecular weight is 192 g/mol. The molecule has 2 atom stereocenters. The molecule has 1 heterocycles. The minimum absolute atomic E-state index is 0.0891. The zero-order valence-electron chi connectivity index (χ0n) is 9.13. The molecule has 0 radical (unpaired) electrons. The molecule has 1 aliphatic heterocycles. The van der Waals surface area contributed by atoms with Gasteiger partial charge in [-0.3, -0.25) is 4.90 Å². The molecular weight excluding hydrogens is 172 g/mol. The molecule has 2 aliphatic rings. The quantitative estimate of drug-likeness (QED) is 0.638. The van der Waals surface area contributed by atoms with E-state index in [0.717, 1.165) is 31.8 Å². The fourth-order valence-electron chi connectivity index (χ4n) is 3.13. The molecule has 2 heteroatoms. The van der Waals surface area contributed by atoms with E-state index in [-0.39, 0.29) is 5.54 Å². The van der Waals surface area contributed by atoms with Gasteiger partial charge in [0, 0.05) is 0 Å². The summed E-state index contributed by atoms with van der Waals surface area (Å²) in [5.74, 6) is 0.740. The lowest BCUT2D eigenvalue weighted by Gasteiger charge is -2.41. The van der Waals surface area contributed by atoms with E-state index in [1.54, 1.807) is 0 Å². The van der Waals surface area contributed by atoms with E-state index in [4.69, 9.17) is 0 Å². The number of nitrogens with zero attached hydrogens (tertiary/aromatic N) is 2. The molecule has 0 spiro atoms. The van der Waals surface area contributed by atoms with Crippen LogP contribution in [0.3, 0.4) is 0 Å². The van der Waals surface area contributed by atoms with Gasteiger partial charge in [-0.05, 0) is 44.7 Å². The van der Waals surface area contributed by atoms with Crippen molar-refractivity contribution in [2.24, 2.45) is 5.92 Å². The molecule has 2 nitrogen and oxygen atoms in total. The molecule has 0 amide bonds. The average Bonchev–Trinajstić information content (AvgIpc) is 2.71. The van der Waals surface area contributed by atoms with Crippen LogP contribution in [0, 0.1) is 17.2 Å². The van der Waals surface area contributed by atoms with Gasteiger partial charge in [-0.25, -0.2) is 0 Å². The first-order chi connectivity index (χ1) is 6.77. The maximum atomic E-state index is 9.43. The first-order valence-corrected chi connectivity index (χ1v) is 5.93. The molecule has 2 fully saturated rings. The standard InChI is InChI=1S/C12H20N2/c1-11-5-4-6-12(9-11,10-13)14-7-2-3-8-14/h11H,2-9H2,1H3. The van der Waals surface area contributed by atoms with Crippen molar-refractivity contribution in [3.05, 3.63) is 0 Å². The topological polar surface area (TPSA) is 27.0 Å². The van der Waals surface area contributed by atoms with E-state index in [0.29, 0.717) is 0 Å². The van der Waals surface area contributed by atoms with E-state index in [1.807, 2.05) is 0 Å². The van der Waals surface area contributed by atoms with Crippen LogP contribution in [-0.4, -0.2) is 23.5 Å². The zero-order valence-corrected chi connectivity index (χ0v) is 9.13. The summed E-state index contributed by atoms with van der Waals surface area (Å²) in [6.07, 6.45) is 7.34. The van der Waals surface area contributed by atoms with Crippen molar-refractivity contribution >= 4 is 0 Å². The molecule has 0 aromatic heterocycles. The SMILES string of the molecule is CC1CCCC(C#N)(N2CCCC2)C1. The molecule has 1 aliphatic carbocycles. The molecule has 1 saturated carbocycles. The Hall–Kier alpha value is -0.550. The van der Waals surface area contributed by atoms with Crippen LogP contribution in [0.25, 0.3) is 0 Å². The second-order valence-corrected chi connectivity index (χ2v) is 5.04. The normalized spacial score (nSPS) is 39.6. The van der Waals surface area contributed by atoms with E-state index in [9.17, 15) is 5.26 Å². The Bertz CT molecular complexity index is 237. The van der Waals surface area contributed by atoms with Gasteiger partial charge in [0.1, 0.15) is 5.54 Å². The highest BCUT2D eigenvalue weighted by Gasteiger charge is 2.41. The van der Waals surface area contributed by atoms with Crippen LogP contribution in [0.2, 0.25) is 0 Å². The fraction of sp³-hybridized carbons (Fsp3) is 0.917. The summed E-state index contributed by atoms with van der Waals surface area (Å²) in [5, 5.41) is 9.43. The lowest BCUT2D eigenvalue weighted by molar-refractivity contribution is 0.102. The molecule has 2 rings (SSSR count). The summed E-state index contributed by atoms with van der Waals surface area (Å²) in [6, 6.07) is 2.62. The number of likely N-dealkylation sites (tertiary alicyclic amines) is 1. The number of hydrogen-bond acceptors (Lipinski definition) is 2. The van der Waals surface area contributed by atoms with Crippen LogP contribution >= 0.6 is 0 Å². The predicted octanol–water partition coefficient (Wildman–Crippen LogP) is 2.55. The number of nitriles is 1. The number of hydrogen-bond donors (Lipinski definition) is 0. The lowest BCUT2D eigenvalue weighted by atomic mass is 9.76. The Morgan fingerprint density at radius 2 is 2.00 bits per heavy atom. The highest BCUT2D eigenvalue weighted by atomic mass is 15.2. The Balaban J connectivity index is 2.11. The van der Waals surface area contributed by atoms with Crippen LogP contribution in [0.15, 0.2) is 0 Å². The third kappa shape index (κ3) is 1.66. The first-order valence-electron chi connectivity index (χ1n) is 5.93. The molecular formula is C12H20N2. The number of rotatable bonds is 1. The molecule has 2 unspecified atom stereocenters. The smallest absolute Gasteiger partial charge is 0.109 e. The Morgan fingerprint density at radius 3 is 2.57 bits per heavy atom. The van der Waals surface area contributed by atoms with Gasteiger partial charge in [-0.1, -0.05) is 19.8 Å². The molecule has 14 heavy (non-hydrogen) atoms. The van der Waals surface area contributed by atoms with E-state index < -0.39 is 0 Å². The first kappa shape index (κ1) is 9.98. The van der Waals surface area contributed by atoms with Gasteiger partial charge in [0.2, 0.25) is 0 Å². The minimum Gasteiger partial charge on any atom is -0.286 e. The molecule has 1 saturated heterocycles. The van der Waals surface area contributed by atoms with E-state index >= 15 is 0 Å². The van der Waals surface area contributed by atoms with E-state index in [2.05, 4.69) is 17.9 Å². The maximum Gasteiger partial charge on any atom is 0.109 e. The van der Waals surface area contributed by atoms with Crippen LogP contribution in [-0.2, 0) is 0 Å². The van der Waals surface area contributed by atoms with Crippen LogP contribution in [0.1, 0.15) is 45.4 Å². The maximum absolute atomic E-state index is 9.43. The summed E-state index contributed by atoms with van der Waals surface area (Å²) in [5.41, 5.74) is -0.0891. The van der Waals surface area contributed by atoms with Crippen molar-refractivity contribution in [3.63, 3.8) is 0 Å². The van der Waals surface area contributed by atoms with Crippen LogP contribution < -0.4 is 0 Å². The van der Waals surface area contributed by atoms with Gasteiger partial charge < -0.3 is 0 Å². The largest absolute Gasteiger partial charge is 0.286 e. The highest BCUT2D eigenvalue weighted by Crippen LogP contribution is 2.37. The van der Waals surface area contributed by atoms with Crippen molar-refractivity contribution in [2.45, 2.75) is 51.0 Å². The van der Waals surface area contributed by atoms with Crippen LogP contribution in [0.5, 0.6) is 0 Å². The second-order valence-electron chi connectivity index (χ2n) is 5.04. The Labute approximate surface area is 86.9 Å². The van der Waals surface area contributed by atoms with Crippen molar-refractivity contribution in [1.82, 2.24) is 4.90 Å². The lowest BCUT2D eigenvalue weighted by Crippen LogP contribution is -2.48. The van der Waals surface area contributed by atoms with Crippen molar-refractivity contribution < 1.29 is 0 Å². The molecule has 0 bridgehead atoms. The third-order valence-corrected chi connectivity index (χ3v) is 3.89. The molecule has 78 valence electrons. The van der Waals surface area contributed by atoms with Crippen molar-refractivity contribution in [2.75, 3.05) is 13.1 Å². The van der Waals surface area contributed by atoms with E-state index in [1.165, 1.54) is 25.7 Å². The van der Waals surface area contributed by atoms with Gasteiger partial charge >= 0.3 is 0 Å². The Kier molecular flexibility index (Phi) is 2.78. The monoisotopic (exact) mass is 192 g/mol. The Morgan fingerprint density at radius 1 is 1.29 bits per heavy atom.